The summed E-state index contributed by atoms with van der Waals surface area (Å²) in [5.41, 5.74) is 8.69. The van der Waals surface area contributed by atoms with Crippen molar-refractivity contribution < 1.29 is 4.42 Å². The molecule has 2 heterocycles. The first-order valence-electron chi connectivity index (χ1n) is 5.48. The van der Waals surface area contributed by atoms with Gasteiger partial charge in [-0.2, -0.15) is 5.10 Å². The molecule has 3 aromatic rings. The minimum Gasteiger partial charge on any atom is -0.472 e. The molecule has 4 nitrogen and oxygen atoms in total. The van der Waals surface area contributed by atoms with Gasteiger partial charge in [-0.15, -0.1) is 0 Å². The largest absolute Gasteiger partial charge is 0.472 e. The van der Waals surface area contributed by atoms with E-state index in [1.165, 1.54) is 0 Å². The van der Waals surface area contributed by atoms with E-state index in [9.17, 15) is 0 Å². The standard InChI is InChI=1S/C13H9Cl2N3O/c14-9-1-2-12(10(15)5-9)18-6-11(16)13(17-18)8-3-4-19-7-8/h1-7H,16H2. The van der Waals surface area contributed by atoms with Crippen molar-refractivity contribution in [3.05, 3.63) is 53.0 Å². The van der Waals surface area contributed by atoms with Crippen LogP contribution in [-0.2, 0) is 0 Å². The van der Waals surface area contributed by atoms with E-state index in [1.807, 2.05) is 0 Å². The molecule has 96 valence electrons. The van der Waals surface area contributed by atoms with Crippen LogP contribution in [0.4, 0.5) is 5.69 Å². The summed E-state index contributed by atoms with van der Waals surface area (Å²) in [5, 5.41) is 5.50. The molecule has 0 saturated heterocycles. The number of furan rings is 1. The topological polar surface area (TPSA) is 57.0 Å². The quantitative estimate of drug-likeness (QED) is 0.776. The monoisotopic (exact) mass is 293 g/mol. The fraction of sp³-hybridized carbons (Fsp3) is 0. The number of benzene rings is 1. The van der Waals surface area contributed by atoms with E-state index < -0.39 is 0 Å². The molecular weight excluding hydrogens is 285 g/mol. The van der Waals surface area contributed by atoms with Crippen LogP contribution in [0.15, 0.2) is 47.4 Å². The Bertz CT molecular complexity index is 720. The predicted octanol–water partition coefficient (Wildman–Crippen LogP) is 4.02. The number of halogens is 2. The molecule has 0 aliphatic heterocycles. The van der Waals surface area contributed by atoms with Crippen molar-refractivity contribution in [1.29, 1.82) is 0 Å². The highest BCUT2D eigenvalue weighted by Crippen LogP contribution is 2.29. The van der Waals surface area contributed by atoms with E-state index in [0.717, 1.165) is 5.56 Å². The molecule has 0 amide bonds. The Hall–Kier alpha value is -1.91. The molecule has 2 aromatic heterocycles. The fourth-order valence-corrected chi connectivity index (χ4v) is 2.30. The van der Waals surface area contributed by atoms with E-state index in [0.29, 0.717) is 27.1 Å². The van der Waals surface area contributed by atoms with Gasteiger partial charge in [0, 0.05) is 10.6 Å². The number of nitrogens with two attached hydrogens (primary N) is 1. The Morgan fingerprint density at radius 1 is 1.21 bits per heavy atom. The van der Waals surface area contributed by atoms with Crippen LogP contribution < -0.4 is 5.73 Å². The summed E-state index contributed by atoms with van der Waals surface area (Å²) >= 11 is 12.0. The van der Waals surface area contributed by atoms with Gasteiger partial charge in [0.15, 0.2) is 0 Å². The second kappa shape index (κ2) is 4.64. The zero-order valence-electron chi connectivity index (χ0n) is 9.68. The summed E-state index contributed by atoms with van der Waals surface area (Å²) in [6, 6.07) is 6.99. The smallest absolute Gasteiger partial charge is 0.119 e. The van der Waals surface area contributed by atoms with Crippen LogP contribution in [0.5, 0.6) is 0 Å². The average molecular weight is 294 g/mol. The molecule has 6 heteroatoms. The second-order valence-corrected chi connectivity index (χ2v) is 4.83. The highest BCUT2D eigenvalue weighted by molar-refractivity contribution is 6.35. The van der Waals surface area contributed by atoms with Crippen molar-refractivity contribution >= 4 is 28.9 Å². The molecule has 0 atom stereocenters. The van der Waals surface area contributed by atoms with Crippen molar-refractivity contribution in [2.45, 2.75) is 0 Å². The number of aromatic nitrogens is 2. The highest BCUT2D eigenvalue weighted by atomic mass is 35.5. The van der Waals surface area contributed by atoms with Gasteiger partial charge in [-0.3, -0.25) is 0 Å². The van der Waals surface area contributed by atoms with Gasteiger partial charge >= 0.3 is 0 Å². The summed E-state index contributed by atoms with van der Waals surface area (Å²) in [6.45, 7) is 0. The van der Waals surface area contributed by atoms with Gasteiger partial charge in [-0.1, -0.05) is 23.2 Å². The molecule has 0 saturated carbocycles. The molecule has 0 unspecified atom stereocenters. The van der Waals surface area contributed by atoms with Gasteiger partial charge in [0.1, 0.15) is 5.69 Å². The normalized spacial score (nSPS) is 10.8. The number of nitrogen functional groups attached to an aromatic ring is 1. The lowest BCUT2D eigenvalue weighted by molar-refractivity contribution is 0.568. The summed E-state index contributed by atoms with van der Waals surface area (Å²) in [5.74, 6) is 0. The molecule has 0 aliphatic carbocycles. The molecule has 19 heavy (non-hydrogen) atoms. The first-order valence-corrected chi connectivity index (χ1v) is 6.24. The molecule has 3 rings (SSSR count). The molecule has 2 N–H and O–H groups in total. The van der Waals surface area contributed by atoms with E-state index in [-0.39, 0.29) is 0 Å². The van der Waals surface area contributed by atoms with Gasteiger partial charge in [-0.25, -0.2) is 4.68 Å². The Kier molecular flexibility index (Phi) is 2.97. The second-order valence-electron chi connectivity index (χ2n) is 3.99. The number of anilines is 1. The zero-order chi connectivity index (χ0) is 13.4. The summed E-state index contributed by atoms with van der Waals surface area (Å²) < 4.78 is 6.65. The summed E-state index contributed by atoms with van der Waals surface area (Å²) in [6.07, 6.45) is 4.87. The van der Waals surface area contributed by atoms with Crippen LogP contribution in [0, 0.1) is 0 Å². The van der Waals surface area contributed by atoms with Gasteiger partial charge in [0.2, 0.25) is 0 Å². The van der Waals surface area contributed by atoms with E-state index in [4.69, 9.17) is 33.4 Å². The van der Waals surface area contributed by atoms with Crippen LogP contribution in [0.25, 0.3) is 16.9 Å². The molecule has 0 bridgehead atoms. The highest BCUT2D eigenvalue weighted by Gasteiger charge is 2.12. The van der Waals surface area contributed by atoms with Crippen LogP contribution in [-0.4, -0.2) is 9.78 Å². The molecule has 0 fully saturated rings. The Labute approximate surface area is 119 Å². The molecule has 0 aliphatic rings. The third-order valence-electron chi connectivity index (χ3n) is 2.69. The molecular formula is C13H9Cl2N3O. The van der Waals surface area contributed by atoms with Crippen molar-refractivity contribution in [3.63, 3.8) is 0 Å². The van der Waals surface area contributed by atoms with E-state index in [1.54, 1.807) is 47.7 Å². The minimum absolute atomic E-state index is 0.508. The zero-order valence-corrected chi connectivity index (χ0v) is 11.2. The summed E-state index contributed by atoms with van der Waals surface area (Å²) in [4.78, 5) is 0. The van der Waals surface area contributed by atoms with Gasteiger partial charge in [-0.05, 0) is 24.3 Å². The molecule has 0 radical (unpaired) electrons. The Morgan fingerprint density at radius 2 is 2.05 bits per heavy atom. The average Bonchev–Trinajstić information content (AvgIpc) is 2.98. The van der Waals surface area contributed by atoms with Crippen molar-refractivity contribution in [3.8, 4) is 16.9 Å². The molecule has 1 aromatic carbocycles. The van der Waals surface area contributed by atoms with Crippen molar-refractivity contribution in [2.24, 2.45) is 0 Å². The Balaban J connectivity index is 2.10. The van der Waals surface area contributed by atoms with E-state index >= 15 is 0 Å². The summed E-state index contributed by atoms with van der Waals surface area (Å²) in [7, 11) is 0. The van der Waals surface area contributed by atoms with Gasteiger partial charge < -0.3 is 10.2 Å². The van der Waals surface area contributed by atoms with Crippen LogP contribution in [0.1, 0.15) is 0 Å². The number of rotatable bonds is 2. The van der Waals surface area contributed by atoms with Crippen LogP contribution in [0.3, 0.4) is 0 Å². The Morgan fingerprint density at radius 3 is 2.74 bits per heavy atom. The first-order chi connectivity index (χ1) is 9.15. The number of hydrogen-bond acceptors (Lipinski definition) is 3. The fourth-order valence-electron chi connectivity index (χ4n) is 1.80. The van der Waals surface area contributed by atoms with E-state index in [2.05, 4.69) is 5.10 Å². The third kappa shape index (κ3) is 2.20. The predicted molar refractivity (Wildman–Crippen MR) is 75.7 cm³/mol. The van der Waals surface area contributed by atoms with Gasteiger partial charge in [0.25, 0.3) is 0 Å². The third-order valence-corrected chi connectivity index (χ3v) is 3.23. The lowest BCUT2D eigenvalue weighted by Gasteiger charge is -2.03. The lowest BCUT2D eigenvalue weighted by Crippen LogP contribution is -1.95. The SMILES string of the molecule is Nc1cn(-c2ccc(Cl)cc2Cl)nc1-c1ccoc1. The number of nitrogens with zero attached hydrogens (tertiary/aromatic N) is 2. The minimum atomic E-state index is 0.508. The maximum atomic E-state index is 6.15. The van der Waals surface area contributed by atoms with Gasteiger partial charge in [0.05, 0.1) is 35.1 Å². The first kappa shape index (κ1) is 12.1. The van der Waals surface area contributed by atoms with Crippen molar-refractivity contribution in [2.75, 3.05) is 5.73 Å². The maximum Gasteiger partial charge on any atom is 0.119 e. The maximum absolute atomic E-state index is 6.15. The lowest BCUT2D eigenvalue weighted by atomic mass is 10.2. The molecule has 0 spiro atoms. The van der Waals surface area contributed by atoms with Crippen LogP contribution in [0.2, 0.25) is 10.0 Å². The van der Waals surface area contributed by atoms with Crippen LogP contribution >= 0.6 is 23.2 Å². The van der Waals surface area contributed by atoms with Crippen molar-refractivity contribution in [1.82, 2.24) is 9.78 Å². The number of hydrogen-bond donors (Lipinski definition) is 1.